The van der Waals surface area contributed by atoms with Gasteiger partial charge in [-0.2, -0.15) is 0 Å². The molecule has 0 saturated heterocycles. The average molecular weight is 279 g/mol. The van der Waals surface area contributed by atoms with Crippen molar-refractivity contribution in [3.63, 3.8) is 0 Å². The molecule has 108 valence electrons. The molecule has 0 saturated carbocycles. The van der Waals surface area contributed by atoms with E-state index in [4.69, 9.17) is 0 Å². The second kappa shape index (κ2) is 6.44. The van der Waals surface area contributed by atoms with Gasteiger partial charge in [0.05, 0.1) is 6.54 Å². The zero-order valence-electron chi connectivity index (χ0n) is 12.4. The van der Waals surface area contributed by atoms with Gasteiger partial charge in [-0.3, -0.25) is 4.99 Å². The van der Waals surface area contributed by atoms with E-state index < -0.39 is 0 Å². The number of rotatable bonds is 5. The Kier molecular flexibility index (Phi) is 4.20. The zero-order valence-corrected chi connectivity index (χ0v) is 12.4. The summed E-state index contributed by atoms with van der Waals surface area (Å²) in [6.45, 7) is 5.96. The summed E-state index contributed by atoms with van der Waals surface area (Å²) < 4.78 is 0. The first-order valence-electron chi connectivity index (χ1n) is 7.54. The summed E-state index contributed by atoms with van der Waals surface area (Å²) >= 11 is 0. The van der Waals surface area contributed by atoms with Gasteiger partial charge in [-0.1, -0.05) is 30.3 Å². The maximum absolute atomic E-state index is 4.46. The van der Waals surface area contributed by atoms with E-state index in [0.29, 0.717) is 0 Å². The maximum atomic E-state index is 4.46. The van der Waals surface area contributed by atoms with Crippen molar-refractivity contribution in [1.29, 1.82) is 0 Å². The van der Waals surface area contributed by atoms with Crippen LogP contribution in [0.25, 0.3) is 0 Å². The molecule has 1 heterocycles. The number of anilines is 1. The van der Waals surface area contributed by atoms with E-state index in [2.05, 4.69) is 76.7 Å². The van der Waals surface area contributed by atoms with Crippen molar-refractivity contribution in [3.05, 3.63) is 65.7 Å². The Labute approximate surface area is 126 Å². The minimum Gasteiger partial charge on any atom is -0.368 e. The Bertz CT molecular complexity index is 602. The summed E-state index contributed by atoms with van der Waals surface area (Å²) in [5.41, 5.74) is 3.76. The molecule has 0 aromatic heterocycles. The van der Waals surface area contributed by atoms with Crippen molar-refractivity contribution in [2.45, 2.75) is 13.5 Å². The Morgan fingerprint density at radius 3 is 2.43 bits per heavy atom. The summed E-state index contributed by atoms with van der Waals surface area (Å²) in [4.78, 5) is 6.84. The van der Waals surface area contributed by atoms with Gasteiger partial charge in [-0.15, -0.1) is 0 Å². The van der Waals surface area contributed by atoms with Gasteiger partial charge in [0.25, 0.3) is 0 Å². The third-order valence-electron chi connectivity index (χ3n) is 3.78. The molecular formula is C18H21N3. The van der Waals surface area contributed by atoms with Crippen LogP contribution in [0, 0.1) is 0 Å². The molecule has 3 rings (SSSR count). The van der Waals surface area contributed by atoms with Gasteiger partial charge < -0.3 is 10.2 Å². The Hall–Kier alpha value is -2.29. The highest BCUT2D eigenvalue weighted by atomic mass is 15.1. The van der Waals surface area contributed by atoms with Crippen molar-refractivity contribution in [2.24, 2.45) is 4.99 Å². The van der Waals surface area contributed by atoms with E-state index in [1.54, 1.807) is 0 Å². The molecule has 2 aromatic carbocycles. The molecule has 0 spiro atoms. The Balaban J connectivity index is 1.75. The molecule has 2 aromatic rings. The van der Waals surface area contributed by atoms with Gasteiger partial charge in [-0.05, 0) is 36.8 Å². The molecule has 1 aliphatic heterocycles. The molecule has 0 bridgehead atoms. The standard InChI is InChI=1S/C18H21N3/c1-2-21(14-15-6-4-3-5-7-15)17-10-8-16(9-11-17)18-19-12-13-20-18/h3-11H,2,12-14H2,1H3,(H,19,20). The van der Waals surface area contributed by atoms with Gasteiger partial charge in [0.15, 0.2) is 0 Å². The first kappa shape index (κ1) is 13.7. The van der Waals surface area contributed by atoms with Gasteiger partial charge >= 0.3 is 0 Å². The molecule has 3 heteroatoms. The van der Waals surface area contributed by atoms with E-state index in [9.17, 15) is 0 Å². The quantitative estimate of drug-likeness (QED) is 0.911. The van der Waals surface area contributed by atoms with E-state index in [-0.39, 0.29) is 0 Å². The first-order chi connectivity index (χ1) is 10.4. The number of nitrogens with zero attached hydrogens (tertiary/aromatic N) is 2. The lowest BCUT2D eigenvalue weighted by molar-refractivity contribution is 0.832. The lowest BCUT2D eigenvalue weighted by Crippen LogP contribution is -2.22. The molecular weight excluding hydrogens is 258 g/mol. The number of hydrogen-bond donors (Lipinski definition) is 1. The first-order valence-corrected chi connectivity index (χ1v) is 7.54. The fourth-order valence-corrected chi connectivity index (χ4v) is 2.61. The van der Waals surface area contributed by atoms with E-state index in [1.807, 2.05) is 0 Å². The van der Waals surface area contributed by atoms with Crippen molar-refractivity contribution in [3.8, 4) is 0 Å². The normalized spacial score (nSPS) is 13.7. The second-order valence-electron chi connectivity index (χ2n) is 5.20. The summed E-state index contributed by atoms with van der Waals surface area (Å²) in [6, 6.07) is 19.3. The van der Waals surface area contributed by atoms with Crippen LogP contribution in [0.3, 0.4) is 0 Å². The fraction of sp³-hybridized carbons (Fsp3) is 0.278. The number of aliphatic imine (C=N–C) groups is 1. The van der Waals surface area contributed by atoms with Gasteiger partial charge in [0, 0.05) is 30.9 Å². The summed E-state index contributed by atoms with van der Waals surface area (Å²) in [5.74, 6) is 1.02. The maximum Gasteiger partial charge on any atom is 0.128 e. The molecule has 0 amide bonds. The second-order valence-corrected chi connectivity index (χ2v) is 5.20. The SMILES string of the molecule is CCN(Cc1ccccc1)c1ccc(C2=NCCN2)cc1. The number of nitrogens with one attached hydrogen (secondary N) is 1. The molecule has 1 aliphatic rings. The molecule has 0 unspecified atom stereocenters. The fourth-order valence-electron chi connectivity index (χ4n) is 2.61. The number of amidine groups is 1. The van der Waals surface area contributed by atoms with E-state index >= 15 is 0 Å². The molecule has 0 atom stereocenters. The molecule has 0 fully saturated rings. The molecule has 21 heavy (non-hydrogen) atoms. The number of benzene rings is 2. The summed E-state index contributed by atoms with van der Waals surface area (Å²) in [5, 5.41) is 3.31. The van der Waals surface area contributed by atoms with Gasteiger partial charge in [0.2, 0.25) is 0 Å². The van der Waals surface area contributed by atoms with Crippen molar-refractivity contribution >= 4 is 11.5 Å². The predicted molar refractivity (Wildman–Crippen MR) is 89.0 cm³/mol. The summed E-state index contributed by atoms with van der Waals surface area (Å²) in [7, 11) is 0. The van der Waals surface area contributed by atoms with Crippen molar-refractivity contribution < 1.29 is 0 Å². The summed E-state index contributed by atoms with van der Waals surface area (Å²) in [6.07, 6.45) is 0. The number of hydrogen-bond acceptors (Lipinski definition) is 3. The molecule has 1 N–H and O–H groups in total. The highest BCUT2D eigenvalue weighted by Crippen LogP contribution is 2.18. The third-order valence-corrected chi connectivity index (χ3v) is 3.78. The zero-order chi connectivity index (χ0) is 14.5. The monoisotopic (exact) mass is 279 g/mol. The van der Waals surface area contributed by atoms with Crippen LogP contribution < -0.4 is 10.2 Å². The molecule has 0 aliphatic carbocycles. The topological polar surface area (TPSA) is 27.6 Å². The largest absolute Gasteiger partial charge is 0.368 e. The van der Waals surface area contributed by atoms with Crippen LogP contribution in [-0.4, -0.2) is 25.5 Å². The van der Waals surface area contributed by atoms with Crippen LogP contribution in [0.15, 0.2) is 59.6 Å². The van der Waals surface area contributed by atoms with E-state index in [1.165, 1.54) is 16.8 Å². The van der Waals surface area contributed by atoms with Crippen LogP contribution in [-0.2, 0) is 6.54 Å². The molecule has 0 radical (unpaired) electrons. The molecule has 3 nitrogen and oxygen atoms in total. The average Bonchev–Trinajstić information content (AvgIpc) is 3.08. The lowest BCUT2D eigenvalue weighted by Gasteiger charge is -2.23. The minimum absolute atomic E-state index is 0.881. The predicted octanol–water partition coefficient (Wildman–Crippen LogP) is 3.06. The van der Waals surface area contributed by atoms with Crippen molar-refractivity contribution in [2.75, 3.05) is 24.5 Å². The lowest BCUT2D eigenvalue weighted by atomic mass is 10.1. The Morgan fingerprint density at radius 2 is 1.81 bits per heavy atom. The van der Waals surface area contributed by atoms with Gasteiger partial charge in [0.1, 0.15) is 5.84 Å². The highest BCUT2D eigenvalue weighted by molar-refractivity contribution is 5.99. The van der Waals surface area contributed by atoms with Crippen molar-refractivity contribution in [1.82, 2.24) is 5.32 Å². The Morgan fingerprint density at radius 1 is 1.05 bits per heavy atom. The van der Waals surface area contributed by atoms with E-state index in [0.717, 1.165) is 32.0 Å². The van der Waals surface area contributed by atoms with Crippen LogP contribution in [0.4, 0.5) is 5.69 Å². The van der Waals surface area contributed by atoms with Crippen LogP contribution >= 0.6 is 0 Å². The third kappa shape index (κ3) is 3.24. The highest BCUT2D eigenvalue weighted by Gasteiger charge is 2.09. The smallest absolute Gasteiger partial charge is 0.128 e. The van der Waals surface area contributed by atoms with Crippen LogP contribution in [0.1, 0.15) is 18.1 Å². The van der Waals surface area contributed by atoms with Gasteiger partial charge in [-0.25, -0.2) is 0 Å². The minimum atomic E-state index is 0.881. The van der Waals surface area contributed by atoms with Crippen LogP contribution in [0.2, 0.25) is 0 Å². The van der Waals surface area contributed by atoms with Crippen LogP contribution in [0.5, 0.6) is 0 Å².